The highest BCUT2D eigenvalue weighted by Gasteiger charge is 2.43. The fraction of sp³-hybridized carbons (Fsp3) is 0.412. The van der Waals surface area contributed by atoms with Crippen LogP contribution in [0, 0.1) is 0 Å². The lowest BCUT2D eigenvalue weighted by Crippen LogP contribution is -2.26. The molecule has 0 saturated carbocycles. The molecule has 24 heavy (non-hydrogen) atoms. The molecule has 0 unspecified atom stereocenters. The van der Waals surface area contributed by atoms with Gasteiger partial charge in [-0.1, -0.05) is 0 Å². The van der Waals surface area contributed by atoms with E-state index in [1.54, 1.807) is 6.07 Å². The summed E-state index contributed by atoms with van der Waals surface area (Å²) < 4.78 is 27.4. The Kier molecular flexibility index (Phi) is 2.73. The van der Waals surface area contributed by atoms with Crippen LogP contribution in [-0.2, 0) is 15.9 Å². The van der Waals surface area contributed by atoms with E-state index < -0.39 is 11.6 Å². The van der Waals surface area contributed by atoms with Crippen molar-refractivity contribution in [1.82, 2.24) is 0 Å². The van der Waals surface area contributed by atoms with Crippen molar-refractivity contribution in [1.29, 1.82) is 0 Å². The number of esters is 1. The molecule has 1 fully saturated rings. The van der Waals surface area contributed by atoms with Crippen molar-refractivity contribution in [3.05, 3.63) is 33.2 Å². The molecule has 1 saturated heterocycles. The molecule has 3 aliphatic rings. The predicted molar refractivity (Wildman–Crippen MR) is 80.7 cm³/mol. The van der Waals surface area contributed by atoms with Crippen LogP contribution in [0.3, 0.4) is 0 Å². The molecule has 1 aromatic carbocycles. The second-order valence-corrected chi connectivity index (χ2v) is 6.08. The number of methoxy groups -OCH3 is 1. The van der Waals surface area contributed by atoms with Crippen molar-refractivity contribution in [3.63, 3.8) is 0 Å². The van der Waals surface area contributed by atoms with Gasteiger partial charge in [0.25, 0.3) is 0 Å². The first-order valence-electron chi connectivity index (χ1n) is 7.85. The average Bonchev–Trinajstić information content (AvgIpc) is 3.14. The van der Waals surface area contributed by atoms with Gasteiger partial charge in [-0.15, -0.1) is 0 Å². The van der Waals surface area contributed by atoms with Crippen LogP contribution >= 0.6 is 0 Å². The summed E-state index contributed by atoms with van der Waals surface area (Å²) in [6.45, 7) is 0.833. The van der Waals surface area contributed by atoms with E-state index in [1.165, 1.54) is 7.11 Å². The molecule has 0 radical (unpaired) electrons. The predicted octanol–water partition coefficient (Wildman–Crippen LogP) is 1.74. The van der Waals surface area contributed by atoms with Crippen LogP contribution in [0.15, 0.2) is 15.3 Å². The van der Waals surface area contributed by atoms with E-state index in [1.807, 2.05) is 0 Å². The number of hydrogen-bond donors (Lipinski definition) is 0. The Hall–Kier alpha value is -2.54. The summed E-state index contributed by atoms with van der Waals surface area (Å²) in [6, 6.07) is 1.78. The Morgan fingerprint density at radius 2 is 2.12 bits per heavy atom. The summed E-state index contributed by atoms with van der Waals surface area (Å²) in [6.07, 6.45) is 0.882. The van der Waals surface area contributed by atoms with E-state index in [9.17, 15) is 9.59 Å². The lowest BCUT2D eigenvalue weighted by molar-refractivity contribution is -0.0337. The number of ether oxygens (including phenoxy) is 4. The van der Waals surface area contributed by atoms with Crippen molar-refractivity contribution in [2.45, 2.75) is 25.0 Å². The summed E-state index contributed by atoms with van der Waals surface area (Å²) in [4.78, 5) is 24.4. The quantitative estimate of drug-likeness (QED) is 0.442. The Labute approximate surface area is 136 Å². The standard InChI is InChI=1S/C17H14O7/c1-20-9-6-10-12(8-3-5-22-17(8)23-10)14-11(9)7-2-4-21-15(18)13(7)16(19)24-14/h6,8,17H,2-5H2,1H3/t8-,17+/m0/s1/i2+1,3+1,4+1,5+1,6+1,7+1,8+1,9+1,10+1,11+1,12+1,13+1,14+1,15+1,16+1,17+1. The monoisotopic (exact) mass is 346 g/mol. The maximum atomic E-state index is 12.4. The van der Waals surface area contributed by atoms with Crippen LogP contribution in [-0.4, -0.2) is 32.6 Å². The van der Waals surface area contributed by atoms with Crippen LogP contribution in [0.4, 0.5) is 0 Å². The van der Waals surface area contributed by atoms with Gasteiger partial charge in [0.15, 0.2) is 0 Å². The van der Waals surface area contributed by atoms with E-state index in [-0.39, 0.29) is 24.4 Å². The Balaban J connectivity index is 1.91. The molecule has 7 nitrogen and oxygen atoms in total. The van der Waals surface area contributed by atoms with E-state index in [0.29, 0.717) is 41.1 Å². The van der Waals surface area contributed by atoms with Gasteiger partial charge >= 0.3 is 11.6 Å². The van der Waals surface area contributed by atoms with Crippen molar-refractivity contribution in [2.24, 2.45) is 0 Å². The van der Waals surface area contributed by atoms with Gasteiger partial charge < -0.3 is 23.4 Å². The maximum Gasteiger partial charge on any atom is 0.351 e. The lowest BCUT2D eigenvalue weighted by atomic mass is 10.9. The summed E-state index contributed by atoms with van der Waals surface area (Å²) >= 11 is 0. The molecule has 0 amide bonds. The van der Waals surface area contributed by atoms with Gasteiger partial charge in [-0.2, -0.15) is 0 Å². The van der Waals surface area contributed by atoms with Crippen molar-refractivity contribution in [2.75, 3.05) is 20.3 Å². The van der Waals surface area contributed by atoms with Crippen molar-refractivity contribution in [3.8, 4) is 11.5 Å². The summed E-state index contributed by atoms with van der Waals surface area (Å²) in [5.74, 6) is 0.492. The smallest absolute Gasteiger partial charge is 0.351 e. The normalized spacial score (nSPS) is 24.1. The number of benzene rings is 1. The van der Waals surface area contributed by atoms with Gasteiger partial charge in [0.2, 0.25) is 6.29 Å². The summed E-state index contributed by atoms with van der Waals surface area (Å²) in [5.41, 5.74) is 1.16. The fourth-order valence-electron chi connectivity index (χ4n) is 3.88. The first-order chi connectivity index (χ1) is 11.7. The molecule has 124 valence electrons. The van der Waals surface area contributed by atoms with Gasteiger partial charge in [0.1, 0.15) is 22.6 Å². The molecule has 2 atom stereocenters. The van der Waals surface area contributed by atoms with Crippen LogP contribution < -0.4 is 15.1 Å². The zero-order valence-electron chi connectivity index (χ0n) is 12.9. The number of cyclic esters (lactones) is 1. The van der Waals surface area contributed by atoms with Gasteiger partial charge in [0.05, 0.1) is 31.6 Å². The van der Waals surface area contributed by atoms with E-state index in [2.05, 4.69) is 0 Å². The van der Waals surface area contributed by atoms with E-state index in [4.69, 9.17) is 23.4 Å². The first kappa shape index (κ1) is 13.9. The second-order valence-electron chi connectivity index (χ2n) is 6.08. The fourth-order valence-corrected chi connectivity index (χ4v) is 3.88. The minimum Gasteiger partial charge on any atom is -0.496 e. The van der Waals surface area contributed by atoms with Gasteiger partial charge in [0, 0.05) is 18.1 Å². The zero-order valence-corrected chi connectivity index (χ0v) is 12.9. The molecule has 3 aliphatic heterocycles. The highest BCUT2D eigenvalue weighted by atomic mass is 16.9. The van der Waals surface area contributed by atoms with Crippen LogP contribution in [0.5, 0.6) is 11.5 Å². The zero-order chi connectivity index (χ0) is 16.4. The summed E-state index contributed by atoms with van der Waals surface area (Å²) in [5, 5.41) is 0.652. The third-order valence-electron chi connectivity index (χ3n) is 4.91. The molecule has 4 heterocycles. The SMILES string of the molecule is CO[13c]1[13cH][13c]2[13c]([13c]3o[13c](=O)[13c]4[13c]([13c]13)[13CH2][13CH2]O[13C]4=O)[13C@@H]1[13CH2][13CH2]O[13C@@H]1O2. The Bertz CT molecular complexity index is 942. The Morgan fingerprint density at radius 3 is 2.96 bits per heavy atom. The first-order valence-corrected chi connectivity index (χ1v) is 7.85. The molecule has 0 spiro atoms. The number of fused-ring (bicyclic) bond motifs is 7. The highest BCUT2D eigenvalue weighted by Crippen LogP contribution is 2.50. The van der Waals surface area contributed by atoms with Gasteiger partial charge in [-0.3, -0.25) is 0 Å². The minimum atomic E-state index is -0.681. The number of rotatable bonds is 1. The van der Waals surface area contributed by atoms with Crippen molar-refractivity contribution >= 4 is 16.9 Å². The molecule has 0 N–H and O–H groups in total. The molecule has 0 bridgehead atoms. The molecular formula is C17H14O7. The van der Waals surface area contributed by atoms with Crippen LogP contribution in [0.1, 0.15) is 33.8 Å². The molecule has 2 aromatic rings. The molecule has 1 aromatic heterocycles. The van der Waals surface area contributed by atoms with Gasteiger partial charge in [-0.05, 0) is 12.0 Å². The highest BCUT2D eigenvalue weighted by molar-refractivity contribution is 6.01. The second kappa shape index (κ2) is 4.73. The largest absolute Gasteiger partial charge is 0.496 e. The lowest BCUT2D eigenvalue weighted by Gasteiger charge is -2.19. The topological polar surface area (TPSA) is 84.2 Å². The van der Waals surface area contributed by atoms with Crippen LogP contribution in [0.2, 0.25) is 0 Å². The summed E-state index contributed by atoms with van der Waals surface area (Å²) in [7, 11) is 1.53. The minimum absolute atomic E-state index is 0.0187. The number of hydrogen-bond acceptors (Lipinski definition) is 7. The van der Waals surface area contributed by atoms with E-state index >= 15 is 0 Å². The maximum absolute atomic E-state index is 12.4. The molecule has 7 heteroatoms. The molecule has 0 aliphatic carbocycles. The van der Waals surface area contributed by atoms with Gasteiger partial charge in [-0.25, -0.2) is 9.59 Å². The number of carbonyl (C=O) groups excluding carboxylic acids is 1. The average molecular weight is 346 g/mol. The van der Waals surface area contributed by atoms with E-state index in [0.717, 1.165) is 12.0 Å². The molecule has 5 rings (SSSR count). The Morgan fingerprint density at radius 1 is 1.25 bits per heavy atom. The number of carbonyl (C=O) groups is 1. The van der Waals surface area contributed by atoms with Crippen LogP contribution in [0.25, 0.3) is 11.0 Å². The third-order valence-corrected chi connectivity index (χ3v) is 4.91. The van der Waals surface area contributed by atoms with Crippen molar-refractivity contribution < 1.29 is 28.2 Å². The molecular weight excluding hydrogens is 332 g/mol. The third kappa shape index (κ3) is 1.65.